The van der Waals surface area contributed by atoms with Crippen molar-refractivity contribution in [2.75, 3.05) is 0 Å². The second-order valence-corrected chi connectivity index (χ2v) is 6.24. The fourth-order valence-corrected chi connectivity index (χ4v) is 2.31. The number of thiophene rings is 1. The van der Waals surface area contributed by atoms with Gasteiger partial charge in [0.05, 0.1) is 11.3 Å². The van der Waals surface area contributed by atoms with Gasteiger partial charge in [-0.3, -0.25) is 4.79 Å². The second-order valence-electron chi connectivity index (χ2n) is 4.37. The molecule has 90 valence electrons. The van der Waals surface area contributed by atoms with Gasteiger partial charge in [-0.1, -0.05) is 13.8 Å². The molecule has 2 atom stereocenters. The number of carbonyl (C=O) groups is 1. The standard InChI is InChI=1S/C12H19NOS2/c1-7(2)11(15)12(14)13-9(4)10-6-5-8(3)16-10/h5-7,9,11,15H,1-4H3,(H,13,14). The van der Waals surface area contributed by atoms with E-state index in [2.05, 4.69) is 37.0 Å². The Labute approximate surface area is 107 Å². The Balaban J connectivity index is 2.58. The molecule has 1 aromatic heterocycles. The van der Waals surface area contributed by atoms with Gasteiger partial charge in [-0.05, 0) is 31.9 Å². The van der Waals surface area contributed by atoms with Crippen molar-refractivity contribution in [3.8, 4) is 0 Å². The van der Waals surface area contributed by atoms with Gasteiger partial charge < -0.3 is 5.32 Å². The Morgan fingerprint density at radius 1 is 1.38 bits per heavy atom. The summed E-state index contributed by atoms with van der Waals surface area (Å²) in [6, 6.07) is 4.21. The van der Waals surface area contributed by atoms with Crippen LogP contribution in [0.4, 0.5) is 0 Å². The molecule has 0 aliphatic carbocycles. The molecule has 0 saturated carbocycles. The van der Waals surface area contributed by atoms with Crippen LogP contribution in [0.1, 0.15) is 36.6 Å². The van der Waals surface area contributed by atoms with Crippen molar-refractivity contribution in [3.05, 3.63) is 21.9 Å². The molecule has 1 amide bonds. The monoisotopic (exact) mass is 257 g/mol. The number of hydrogen-bond acceptors (Lipinski definition) is 3. The fourth-order valence-electron chi connectivity index (χ4n) is 1.36. The summed E-state index contributed by atoms with van der Waals surface area (Å²) in [6.45, 7) is 8.07. The molecule has 0 aromatic carbocycles. The van der Waals surface area contributed by atoms with E-state index in [1.807, 2.05) is 20.8 Å². The minimum atomic E-state index is -0.233. The number of nitrogens with one attached hydrogen (secondary N) is 1. The molecule has 0 spiro atoms. The smallest absolute Gasteiger partial charge is 0.233 e. The molecule has 0 bridgehead atoms. The maximum absolute atomic E-state index is 11.8. The number of thiol groups is 1. The molecule has 16 heavy (non-hydrogen) atoms. The van der Waals surface area contributed by atoms with Crippen LogP contribution in [0.3, 0.4) is 0 Å². The first-order valence-corrected chi connectivity index (χ1v) is 6.80. The normalized spacial score (nSPS) is 14.9. The van der Waals surface area contributed by atoms with Gasteiger partial charge in [0.15, 0.2) is 0 Å². The van der Waals surface area contributed by atoms with Crippen molar-refractivity contribution >= 4 is 29.9 Å². The van der Waals surface area contributed by atoms with E-state index in [9.17, 15) is 4.79 Å². The van der Waals surface area contributed by atoms with E-state index in [4.69, 9.17) is 0 Å². The van der Waals surface area contributed by atoms with Gasteiger partial charge in [-0.25, -0.2) is 0 Å². The summed E-state index contributed by atoms with van der Waals surface area (Å²) in [5, 5.41) is 2.75. The summed E-state index contributed by atoms with van der Waals surface area (Å²) in [5.74, 6) is 0.262. The van der Waals surface area contributed by atoms with Crippen molar-refractivity contribution < 1.29 is 4.79 Å². The number of rotatable bonds is 4. The first kappa shape index (κ1) is 13.6. The van der Waals surface area contributed by atoms with Gasteiger partial charge in [-0.2, -0.15) is 12.6 Å². The van der Waals surface area contributed by atoms with Crippen LogP contribution in [-0.2, 0) is 4.79 Å². The summed E-state index contributed by atoms with van der Waals surface area (Å²) in [5.41, 5.74) is 0. The van der Waals surface area contributed by atoms with E-state index >= 15 is 0 Å². The number of hydrogen-bond donors (Lipinski definition) is 2. The van der Waals surface area contributed by atoms with Crippen LogP contribution >= 0.6 is 24.0 Å². The number of carbonyl (C=O) groups excluding carboxylic acids is 1. The Morgan fingerprint density at radius 2 is 2.00 bits per heavy atom. The van der Waals surface area contributed by atoms with Crippen LogP contribution in [0.15, 0.2) is 12.1 Å². The Morgan fingerprint density at radius 3 is 2.44 bits per heavy atom. The summed E-state index contributed by atoms with van der Waals surface area (Å²) >= 11 is 6.02. The van der Waals surface area contributed by atoms with Crippen molar-refractivity contribution in [1.29, 1.82) is 0 Å². The highest BCUT2D eigenvalue weighted by atomic mass is 32.1. The lowest BCUT2D eigenvalue weighted by molar-refractivity contribution is -0.121. The summed E-state index contributed by atoms with van der Waals surface area (Å²) < 4.78 is 0. The largest absolute Gasteiger partial charge is 0.348 e. The fraction of sp³-hybridized carbons (Fsp3) is 0.583. The summed E-state index contributed by atoms with van der Waals surface area (Å²) in [4.78, 5) is 14.2. The van der Waals surface area contributed by atoms with Crippen molar-refractivity contribution in [2.45, 2.75) is 39.0 Å². The molecular formula is C12H19NOS2. The van der Waals surface area contributed by atoms with Crippen LogP contribution in [0.25, 0.3) is 0 Å². The van der Waals surface area contributed by atoms with E-state index < -0.39 is 0 Å². The maximum atomic E-state index is 11.8. The molecular weight excluding hydrogens is 238 g/mol. The molecule has 1 heterocycles. The minimum absolute atomic E-state index is 0.0110. The highest BCUT2D eigenvalue weighted by molar-refractivity contribution is 7.81. The lowest BCUT2D eigenvalue weighted by atomic mass is 10.1. The number of amides is 1. The molecule has 1 N–H and O–H groups in total. The molecule has 0 fully saturated rings. The molecule has 0 saturated heterocycles. The van der Waals surface area contributed by atoms with Crippen LogP contribution in [0, 0.1) is 12.8 Å². The van der Waals surface area contributed by atoms with Crippen LogP contribution in [0.5, 0.6) is 0 Å². The van der Waals surface area contributed by atoms with E-state index in [1.54, 1.807) is 11.3 Å². The van der Waals surface area contributed by atoms with Gasteiger partial charge >= 0.3 is 0 Å². The topological polar surface area (TPSA) is 29.1 Å². The predicted molar refractivity (Wildman–Crippen MR) is 73.2 cm³/mol. The van der Waals surface area contributed by atoms with E-state index in [0.29, 0.717) is 0 Å². The highest BCUT2D eigenvalue weighted by Crippen LogP contribution is 2.22. The highest BCUT2D eigenvalue weighted by Gasteiger charge is 2.20. The lowest BCUT2D eigenvalue weighted by Gasteiger charge is -2.18. The van der Waals surface area contributed by atoms with E-state index in [-0.39, 0.29) is 23.1 Å². The molecule has 4 heteroatoms. The molecule has 2 nitrogen and oxygen atoms in total. The van der Waals surface area contributed by atoms with Gasteiger partial charge in [0, 0.05) is 9.75 Å². The van der Waals surface area contributed by atoms with Gasteiger partial charge in [0.1, 0.15) is 0 Å². The van der Waals surface area contributed by atoms with Crippen molar-refractivity contribution in [1.82, 2.24) is 5.32 Å². The van der Waals surface area contributed by atoms with Crippen molar-refractivity contribution in [3.63, 3.8) is 0 Å². The first-order valence-electron chi connectivity index (χ1n) is 5.46. The third-order valence-corrected chi connectivity index (χ3v) is 4.46. The third kappa shape index (κ3) is 3.52. The molecule has 0 radical (unpaired) electrons. The predicted octanol–water partition coefficient (Wildman–Crippen LogP) is 3.19. The summed E-state index contributed by atoms with van der Waals surface area (Å²) in [7, 11) is 0. The maximum Gasteiger partial charge on any atom is 0.233 e. The second kappa shape index (κ2) is 5.73. The zero-order valence-electron chi connectivity index (χ0n) is 10.2. The quantitative estimate of drug-likeness (QED) is 0.797. The average Bonchev–Trinajstić information content (AvgIpc) is 2.63. The lowest BCUT2D eigenvalue weighted by Crippen LogP contribution is -2.35. The van der Waals surface area contributed by atoms with Gasteiger partial charge in [0.25, 0.3) is 0 Å². The van der Waals surface area contributed by atoms with E-state index in [0.717, 1.165) is 0 Å². The zero-order chi connectivity index (χ0) is 12.3. The summed E-state index contributed by atoms with van der Waals surface area (Å²) in [6.07, 6.45) is 0. The molecule has 0 aliphatic rings. The van der Waals surface area contributed by atoms with E-state index in [1.165, 1.54) is 9.75 Å². The SMILES string of the molecule is Cc1ccc(C(C)NC(=O)C(S)C(C)C)s1. The van der Waals surface area contributed by atoms with Gasteiger partial charge in [0.2, 0.25) is 5.91 Å². The van der Waals surface area contributed by atoms with Crippen LogP contribution < -0.4 is 5.32 Å². The van der Waals surface area contributed by atoms with Crippen LogP contribution in [-0.4, -0.2) is 11.2 Å². The molecule has 0 aliphatic heterocycles. The average molecular weight is 257 g/mol. The first-order chi connectivity index (χ1) is 7.41. The van der Waals surface area contributed by atoms with Crippen LogP contribution in [0.2, 0.25) is 0 Å². The minimum Gasteiger partial charge on any atom is -0.348 e. The van der Waals surface area contributed by atoms with Gasteiger partial charge in [-0.15, -0.1) is 11.3 Å². The zero-order valence-corrected chi connectivity index (χ0v) is 11.9. The Kier molecular flexibility index (Phi) is 4.87. The Bertz CT molecular complexity index is 360. The molecule has 1 aromatic rings. The Hall–Kier alpha value is -0.480. The van der Waals surface area contributed by atoms with Crippen molar-refractivity contribution in [2.24, 2.45) is 5.92 Å². The molecule has 1 rings (SSSR count). The number of aryl methyl sites for hydroxylation is 1. The third-order valence-electron chi connectivity index (χ3n) is 2.45. The molecule has 2 unspecified atom stereocenters.